The molecule has 0 aliphatic rings. The standard InChI is InChI=1S/C14H22FN/c1-5-11(6-2)14(16-4)13-8-7-12(15)9-10(13)3/h7-9,11,14,16H,5-6H2,1-4H3. The molecule has 0 saturated carbocycles. The summed E-state index contributed by atoms with van der Waals surface area (Å²) >= 11 is 0. The Morgan fingerprint density at radius 1 is 1.25 bits per heavy atom. The Bertz CT molecular complexity index is 332. The van der Waals surface area contributed by atoms with Crippen LogP contribution >= 0.6 is 0 Å². The third-order valence-corrected chi connectivity index (χ3v) is 3.40. The molecule has 1 N–H and O–H groups in total. The lowest BCUT2D eigenvalue weighted by Crippen LogP contribution is -2.25. The maximum absolute atomic E-state index is 13.1. The van der Waals surface area contributed by atoms with Crippen molar-refractivity contribution in [3.8, 4) is 0 Å². The summed E-state index contributed by atoms with van der Waals surface area (Å²) in [5, 5.41) is 3.36. The zero-order valence-corrected chi connectivity index (χ0v) is 10.7. The Kier molecular flexibility index (Phi) is 4.94. The minimum atomic E-state index is -0.152. The number of halogens is 1. The van der Waals surface area contributed by atoms with Gasteiger partial charge in [0.25, 0.3) is 0 Å². The van der Waals surface area contributed by atoms with Crippen molar-refractivity contribution in [3.05, 3.63) is 35.1 Å². The molecule has 1 unspecified atom stereocenters. The van der Waals surface area contributed by atoms with Crippen LogP contribution in [0.15, 0.2) is 18.2 Å². The van der Waals surface area contributed by atoms with E-state index in [0.29, 0.717) is 12.0 Å². The molecular weight excluding hydrogens is 201 g/mol. The van der Waals surface area contributed by atoms with Gasteiger partial charge in [0.15, 0.2) is 0 Å². The van der Waals surface area contributed by atoms with Crippen LogP contribution in [0.4, 0.5) is 4.39 Å². The van der Waals surface area contributed by atoms with Crippen molar-refractivity contribution in [1.29, 1.82) is 0 Å². The van der Waals surface area contributed by atoms with Gasteiger partial charge < -0.3 is 5.32 Å². The van der Waals surface area contributed by atoms with E-state index in [-0.39, 0.29) is 5.82 Å². The highest BCUT2D eigenvalue weighted by molar-refractivity contribution is 5.30. The second-order valence-electron chi connectivity index (χ2n) is 4.34. The molecular formula is C14H22FN. The van der Waals surface area contributed by atoms with Crippen molar-refractivity contribution in [1.82, 2.24) is 5.32 Å². The minimum Gasteiger partial charge on any atom is -0.313 e. The van der Waals surface area contributed by atoms with Crippen LogP contribution in [0, 0.1) is 18.7 Å². The lowest BCUT2D eigenvalue weighted by Gasteiger charge is -2.26. The average Bonchev–Trinajstić information content (AvgIpc) is 2.27. The van der Waals surface area contributed by atoms with Crippen LogP contribution in [0.5, 0.6) is 0 Å². The van der Waals surface area contributed by atoms with E-state index in [2.05, 4.69) is 19.2 Å². The summed E-state index contributed by atoms with van der Waals surface area (Å²) in [6, 6.07) is 5.40. The third-order valence-electron chi connectivity index (χ3n) is 3.40. The van der Waals surface area contributed by atoms with E-state index in [1.54, 1.807) is 12.1 Å². The molecule has 16 heavy (non-hydrogen) atoms. The van der Waals surface area contributed by atoms with Crippen molar-refractivity contribution in [2.24, 2.45) is 5.92 Å². The van der Waals surface area contributed by atoms with Crippen molar-refractivity contribution in [3.63, 3.8) is 0 Å². The van der Waals surface area contributed by atoms with Gasteiger partial charge in [-0.3, -0.25) is 0 Å². The van der Waals surface area contributed by atoms with Crippen molar-refractivity contribution >= 4 is 0 Å². The summed E-state index contributed by atoms with van der Waals surface area (Å²) in [4.78, 5) is 0. The molecule has 0 bridgehead atoms. The maximum atomic E-state index is 13.1. The van der Waals surface area contributed by atoms with Gasteiger partial charge in [-0.2, -0.15) is 0 Å². The van der Waals surface area contributed by atoms with Gasteiger partial charge in [0.05, 0.1) is 0 Å². The summed E-state index contributed by atoms with van der Waals surface area (Å²) < 4.78 is 13.1. The van der Waals surface area contributed by atoms with E-state index in [4.69, 9.17) is 0 Å². The second kappa shape index (κ2) is 6.00. The van der Waals surface area contributed by atoms with E-state index in [9.17, 15) is 4.39 Å². The number of nitrogens with one attached hydrogen (secondary N) is 1. The van der Waals surface area contributed by atoms with Gasteiger partial charge in [0, 0.05) is 6.04 Å². The van der Waals surface area contributed by atoms with Gasteiger partial charge in [-0.05, 0) is 43.1 Å². The summed E-state index contributed by atoms with van der Waals surface area (Å²) in [6.07, 6.45) is 2.28. The van der Waals surface area contributed by atoms with Crippen molar-refractivity contribution in [2.75, 3.05) is 7.05 Å². The number of benzene rings is 1. The first kappa shape index (κ1) is 13.2. The Labute approximate surface area is 98.1 Å². The van der Waals surface area contributed by atoms with E-state index < -0.39 is 0 Å². The molecule has 0 fully saturated rings. The van der Waals surface area contributed by atoms with E-state index in [0.717, 1.165) is 18.4 Å². The summed E-state index contributed by atoms with van der Waals surface area (Å²) in [7, 11) is 1.98. The molecule has 1 nitrogen and oxygen atoms in total. The smallest absolute Gasteiger partial charge is 0.123 e. The highest BCUT2D eigenvalue weighted by Crippen LogP contribution is 2.29. The lowest BCUT2D eigenvalue weighted by molar-refractivity contribution is 0.358. The molecule has 1 aromatic rings. The predicted molar refractivity (Wildman–Crippen MR) is 67.0 cm³/mol. The van der Waals surface area contributed by atoms with Crippen LogP contribution in [0.3, 0.4) is 0 Å². The first-order chi connectivity index (χ1) is 7.63. The zero-order chi connectivity index (χ0) is 12.1. The predicted octanol–water partition coefficient (Wildman–Crippen LogP) is 3.83. The van der Waals surface area contributed by atoms with E-state index in [1.165, 1.54) is 5.56 Å². The van der Waals surface area contributed by atoms with Crippen LogP contribution < -0.4 is 5.32 Å². The van der Waals surface area contributed by atoms with Gasteiger partial charge >= 0.3 is 0 Å². The van der Waals surface area contributed by atoms with Gasteiger partial charge in [0.1, 0.15) is 5.82 Å². The highest BCUT2D eigenvalue weighted by atomic mass is 19.1. The Hall–Kier alpha value is -0.890. The number of hydrogen-bond donors (Lipinski definition) is 1. The monoisotopic (exact) mass is 223 g/mol. The Morgan fingerprint density at radius 2 is 1.88 bits per heavy atom. The molecule has 1 atom stereocenters. The molecule has 2 heteroatoms. The van der Waals surface area contributed by atoms with Crippen LogP contribution in [0.2, 0.25) is 0 Å². The maximum Gasteiger partial charge on any atom is 0.123 e. The van der Waals surface area contributed by atoms with Crippen LogP contribution in [-0.4, -0.2) is 7.05 Å². The number of aryl methyl sites for hydroxylation is 1. The zero-order valence-electron chi connectivity index (χ0n) is 10.7. The fourth-order valence-electron chi connectivity index (χ4n) is 2.39. The van der Waals surface area contributed by atoms with Crippen LogP contribution in [0.25, 0.3) is 0 Å². The van der Waals surface area contributed by atoms with Crippen molar-refractivity contribution < 1.29 is 4.39 Å². The fourth-order valence-corrected chi connectivity index (χ4v) is 2.39. The molecule has 90 valence electrons. The van der Waals surface area contributed by atoms with Crippen LogP contribution in [-0.2, 0) is 0 Å². The molecule has 0 aliphatic heterocycles. The SMILES string of the molecule is CCC(CC)C(NC)c1ccc(F)cc1C. The van der Waals surface area contributed by atoms with Crippen molar-refractivity contribution in [2.45, 2.75) is 39.7 Å². The Morgan fingerprint density at radius 3 is 2.31 bits per heavy atom. The summed E-state index contributed by atoms with van der Waals surface area (Å²) in [5.74, 6) is 0.454. The molecule has 0 aliphatic carbocycles. The van der Waals surface area contributed by atoms with E-state index >= 15 is 0 Å². The van der Waals surface area contributed by atoms with E-state index in [1.807, 2.05) is 20.0 Å². The molecule has 0 heterocycles. The quantitative estimate of drug-likeness (QED) is 0.800. The molecule has 0 saturated heterocycles. The van der Waals surface area contributed by atoms with Gasteiger partial charge in [-0.25, -0.2) is 4.39 Å². The topological polar surface area (TPSA) is 12.0 Å². The summed E-state index contributed by atoms with van der Waals surface area (Å²) in [6.45, 7) is 6.39. The number of hydrogen-bond acceptors (Lipinski definition) is 1. The second-order valence-corrected chi connectivity index (χ2v) is 4.34. The normalized spacial score (nSPS) is 13.1. The van der Waals surface area contributed by atoms with Gasteiger partial charge in [-0.15, -0.1) is 0 Å². The summed E-state index contributed by atoms with van der Waals surface area (Å²) in [5.41, 5.74) is 2.25. The lowest BCUT2D eigenvalue weighted by atomic mass is 9.87. The van der Waals surface area contributed by atoms with Gasteiger partial charge in [-0.1, -0.05) is 32.8 Å². The minimum absolute atomic E-state index is 0.152. The third kappa shape index (κ3) is 2.82. The first-order valence-corrected chi connectivity index (χ1v) is 6.07. The molecule has 0 spiro atoms. The number of rotatable bonds is 5. The Balaban J connectivity index is 3.03. The molecule has 1 rings (SSSR count). The van der Waals surface area contributed by atoms with Crippen LogP contribution in [0.1, 0.15) is 43.9 Å². The highest BCUT2D eigenvalue weighted by Gasteiger charge is 2.20. The molecule has 1 aromatic carbocycles. The molecule has 0 aromatic heterocycles. The average molecular weight is 223 g/mol. The molecule has 0 amide bonds. The first-order valence-electron chi connectivity index (χ1n) is 6.07. The van der Waals surface area contributed by atoms with Gasteiger partial charge in [0.2, 0.25) is 0 Å². The molecule has 0 radical (unpaired) electrons. The fraction of sp³-hybridized carbons (Fsp3) is 0.571. The largest absolute Gasteiger partial charge is 0.313 e.